The Balaban J connectivity index is 1.94. The SMILES string of the molecule is CCNC(=O)CCNc1nc2cc(F)ccc2s1. The van der Waals surface area contributed by atoms with Gasteiger partial charge in [-0.15, -0.1) is 0 Å². The minimum Gasteiger partial charge on any atom is -0.361 e. The zero-order valence-corrected chi connectivity index (χ0v) is 10.8. The molecule has 6 heteroatoms. The molecular weight excluding hydrogens is 253 g/mol. The van der Waals surface area contributed by atoms with Gasteiger partial charge in [-0.1, -0.05) is 11.3 Å². The van der Waals surface area contributed by atoms with Crippen molar-refractivity contribution in [2.24, 2.45) is 0 Å². The smallest absolute Gasteiger partial charge is 0.221 e. The maximum atomic E-state index is 13.0. The van der Waals surface area contributed by atoms with E-state index in [0.717, 1.165) is 4.70 Å². The van der Waals surface area contributed by atoms with E-state index in [1.807, 2.05) is 6.92 Å². The van der Waals surface area contributed by atoms with E-state index in [2.05, 4.69) is 15.6 Å². The van der Waals surface area contributed by atoms with E-state index in [0.29, 0.717) is 30.2 Å². The summed E-state index contributed by atoms with van der Waals surface area (Å²) in [6, 6.07) is 4.52. The number of anilines is 1. The number of fused-ring (bicyclic) bond motifs is 1. The number of nitrogens with one attached hydrogen (secondary N) is 2. The van der Waals surface area contributed by atoms with Gasteiger partial charge in [0.1, 0.15) is 5.82 Å². The van der Waals surface area contributed by atoms with E-state index in [-0.39, 0.29) is 11.7 Å². The molecule has 96 valence electrons. The third-order valence-corrected chi connectivity index (χ3v) is 3.35. The Morgan fingerprint density at radius 3 is 3.11 bits per heavy atom. The average Bonchev–Trinajstić information content (AvgIpc) is 2.71. The van der Waals surface area contributed by atoms with Gasteiger partial charge in [0, 0.05) is 25.6 Å². The molecule has 0 saturated heterocycles. The molecule has 1 heterocycles. The summed E-state index contributed by atoms with van der Waals surface area (Å²) < 4.78 is 13.9. The summed E-state index contributed by atoms with van der Waals surface area (Å²) in [6.45, 7) is 3.04. The van der Waals surface area contributed by atoms with Crippen molar-refractivity contribution in [3.05, 3.63) is 24.0 Å². The summed E-state index contributed by atoms with van der Waals surface area (Å²) in [5.74, 6) is -0.279. The van der Waals surface area contributed by atoms with Gasteiger partial charge in [0.25, 0.3) is 0 Å². The number of aromatic nitrogens is 1. The molecule has 1 aromatic heterocycles. The van der Waals surface area contributed by atoms with Crippen LogP contribution >= 0.6 is 11.3 Å². The lowest BCUT2D eigenvalue weighted by molar-refractivity contribution is -0.120. The predicted octanol–water partition coefficient (Wildman–Crippen LogP) is 2.37. The monoisotopic (exact) mass is 267 g/mol. The van der Waals surface area contributed by atoms with Gasteiger partial charge in [-0.25, -0.2) is 9.37 Å². The summed E-state index contributed by atoms with van der Waals surface area (Å²) in [4.78, 5) is 15.5. The molecule has 0 bridgehead atoms. The number of nitrogens with zero attached hydrogens (tertiary/aromatic N) is 1. The number of hydrogen-bond acceptors (Lipinski definition) is 4. The Kier molecular flexibility index (Phi) is 4.09. The van der Waals surface area contributed by atoms with Crippen LogP contribution in [0.3, 0.4) is 0 Å². The van der Waals surface area contributed by atoms with Crippen molar-refractivity contribution in [1.29, 1.82) is 0 Å². The Labute approximate surface area is 108 Å². The van der Waals surface area contributed by atoms with Crippen molar-refractivity contribution >= 4 is 32.6 Å². The highest BCUT2D eigenvalue weighted by atomic mass is 32.1. The molecule has 1 aromatic carbocycles. The first-order valence-electron chi connectivity index (χ1n) is 5.75. The molecule has 0 spiro atoms. The van der Waals surface area contributed by atoms with Crippen molar-refractivity contribution < 1.29 is 9.18 Å². The molecule has 2 N–H and O–H groups in total. The molecule has 2 aromatic rings. The maximum Gasteiger partial charge on any atom is 0.221 e. The number of carbonyl (C=O) groups excluding carboxylic acids is 1. The highest BCUT2D eigenvalue weighted by Crippen LogP contribution is 2.26. The molecule has 1 amide bonds. The number of carbonyl (C=O) groups is 1. The van der Waals surface area contributed by atoms with Gasteiger partial charge in [0.05, 0.1) is 10.2 Å². The van der Waals surface area contributed by atoms with Crippen molar-refractivity contribution in [2.75, 3.05) is 18.4 Å². The second kappa shape index (κ2) is 5.77. The lowest BCUT2D eigenvalue weighted by atomic mass is 10.3. The van der Waals surface area contributed by atoms with Crippen LogP contribution in [0.1, 0.15) is 13.3 Å². The molecule has 18 heavy (non-hydrogen) atoms. The van der Waals surface area contributed by atoms with Crippen LogP contribution < -0.4 is 10.6 Å². The minimum absolute atomic E-state index is 0.0113. The van der Waals surface area contributed by atoms with Crippen molar-refractivity contribution in [3.8, 4) is 0 Å². The van der Waals surface area contributed by atoms with Crippen molar-refractivity contribution in [1.82, 2.24) is 10.3 Å². The van der Waals surface area contributed by atoms with Crippen LogP contribution in [0.15, 0.2) is 18.2 Å². The third kappa shape index (κ3) is 3.16. The molecule has 0 aliphatic rings. The van der Waals surface area contributed by atoms with Crippen LogP contribution in [0.4, 0.5) is 9.52 Å². The number of hydrogen-bond donors (Lipinski definition) is 2. The van der Waals surface area contributed by atoms with Crippen LogP contribution in [0, 0.1) is 5.82 Å². The zero-order valence-electron chi connectivity index (χ0n) is 10.00. The summed E-state index contributed by atoms with van der Waals surface area (Å²) in [5.41, 5.74) is 0.639. The average molecular weight is 267 g/mol. The van der Waals surface area contributed by atoms with Gasteiger partial charge in [0.2, 0.25) is 5.91 Å². The highest BCUT2D eigenvalue weighted by Gasteiger charge is 2.05. The summed E-state index contributed by atoms with van der Waals surface area (Å²) in [7, 11) is 0. The maximum absolute atomic E-state index is 13.0. The molecule has 0 aliphatic heterocycles. The first kappa shape index (κ1) is 12.8. The van der Waals surface area contributed by atoms with Crippen molar-refractivity contribution in [2.45, 2.75) is 13.3 Å². The second-order valence-electron chi connectivity index (χ2n) is 3.76. The Morgan fingerprint density at radius 2 is 2.33 bits per heavy atom. The van der Waals surface area contributed by atoms with Gasteiger partial charge in [-0.3, -0.25) is 4.79 Å². The van der Waals surface area contributed by atoms with E-state index in [9.17, 15) is 9.18 Å². The van der Waals surface area contributed by atoms with E-state index in [4.69, 9.17) is 0 Å². The third-order valence-electron chi connectivity index (χ3n) is 2.35. The lowest BCUT2D eigenvalue weighted by Crippen LogP contribution is -2.24. The molecule has 0 atom stereocenters. The van der Waals surface area contributed by atoms with E-state index < -0.39 is 0 Å². The fraction of sp³-hybridized carbons (Fsp3) is 0.333. The van der Waals surface area contributed by atoms with Gasteiger partial charge in [-0.2, -0.15) is 0 Å². The van der Waals surface area contributed by atoms with Crippen molar-refractivity contribution in [3.63, 3.8) is 0 Å². The quantitative estimate of drug-likeness (QED) is 0.874. The topological polar surface area (TPSA) is 54.0 Å². The summed E-state index contributed by atoms with van der Waals surface area (Å²) in [6.07, 6.45) is 0.401. The number of benzene rings is 1. The number of rotatable bonds is 5. The first-order chi connectivity index (χ1) is 8.69. The summed E-state index contributed by atoms with van der Waals surface area (Å²) in [5, 5.41) is 6.50. The van der Waals surface area contributed by atoms with Crippen LogP contribution in [-0.2, 0) is 4.79 Å². The van der Waals surface area contributed by atoms with Gasteiger partial charge in [0.15, 0.2) is 5.13 Å². The van der Waals surface area contributed by atoms with E-state index >= 15 is 0 Å². The molecule has 2 rings (SSSR count). The number of amides is 1. The number of thiazole rings is 1. The molecule has 0 unspecified atom stereocenters. The molecule has 0 fully saturated rings. The van der Waals surface area contributed by atoms with Gasteiger partial charge >= 0.3 is 0 Å². The van der Waals surface area contributed by atoms with E-state index in [1.54, 1.807) is 6.07 Å². The normalized spacial score (nSPS) is 10.6. The van der Waals surface area contributed by atoms with Gasteiger partial charge < -0.3 is 10.6 Å². The lowest BCUT2D eigenvalue weighted by Gasteiger charge is -2.02. The fourth-order valence-corrected chi connectivity index (χ4v) is 2.42. The van der Waals surface area contributed by atoms with E-state index in [1.165, 1.54) is 23.5 Å². The molecule has 4 nitrogen and oxygen atoms in total. The fourth-order valence-electron chi connectivity index (χ4n) is 1.54. The first-order valence-corrected chi connectivity index (χ1v) is 6.57. The highest BCUT2D eigenvalue weighted by molar-refractivity contribution is 7.22. The van der Waals surface area contributed by atoms with Crippen LogP contribution in [-0.4, -0.2) is 24.0 Å². The van der Waals surface area contributed by atoms with Gasteiger partial charge in [-0.05, 0) is 19.1 Å². The largest absolute Gasteiger partial charge is 0.361 e. The molecular formula is C12H14FN3OS. The van der Waals surface area contributed by atoms with Crippen LogP contribution in [0.5, 0.6) is 0 Å². The molecule has 0 aliphatic carbocycles. The zero-order chi connectivity index (χ0) is 13.0. The Morgan fingerprint density at radius 1 is 1.50 bits per heavy atom. The molecule has 0 radical (unpaired) electrons. The molecule has 0 saturated carbocycles. The Bertz CT molecular complexity index is 555. The predicted molar refractivity (Wildman–Crippen MR) is 71.4 cm³/mol. The van der Waals surface area contributed by atoms with Crippen LogP contribution in [0.2, 0.25) is 0 Å². The minimum atomic E-state index is -0.290. The standard InChI is InChI=1S/C12H14FN3OS/c1-2-14-11(17)5-6-15-12-16-9-7-8(13)3-4-10(9)18-12/h3-4,7H,2,5-6H2,1H3,(H,14,17)(H,15,16). The second-order valence-corrected chi connectivity index (χ2v) is 4.79. The summed E-state index contributed by atoms with van der Waals surface area (Å²) >= 11 is 1.45. The Hall–Kier alpha value is -1.69. The van der Waals surface area contributed by atoms with Crippen LogP contribution in [0.25, 0.3) is 10.2 Å². The number of halogens is 1.